The van der Waals surface area contributed by atoms with E-state index in [1.807, 2.05) is 19.1 Å². The molecule has 5 nitrogen and oxygen atoms in total. The van der Waals surface area contributed by atoms with Crippen LogP contribution in [0.2, 0.25) is 0 Å². The lowest BCUT2D eigenvalue weighted by atomic mass is 9.99. The van der Waals surface area contributed by atoms with Crippen molar-refractivity contribution in [3.05, 3.63) is 57.5 Å². The molecule has 0 radical (unpaired) electrons. The van der Waals surface area contributed by atoms with Crippen molar-refractivity contribution in [3.8, 4) is 0 Å². The third kappa shape index (κ3) is 2.54. The SMILES string of the molecule is CCn1nc(C(=O)N2CCCc3cc(C)ccc32)ccc1=O. The van der Waals surface area contributed by atoms with Crippen LogP contribution in [0, 0.1) is 6.92 Å². The zero-order valence-corrected chi connectivity index (χ0v) is 12.9. The Morgan fingerprint density at radius 3 is 2.86 bits per heavy atom. The first-order chi connectivity index (χ1) is 10.6. The molecule has 1 amide bonds. The molecule has 0 atom stereocenters. The van der Waals surface area contributed by atoms with Crippen molar-refractivity contribution >= 4 is 11.6 Å². The summed E-state index contributed by atoms with van der Waals surface area (Å²) in [4.78, 5) is 26.2. The molecule has 0 unspecified atom stereocenters. The van der Waals surface area contributed by atoms with Crippen LogP contribution in [-0.4, -0.2) is 22.2 Å². The molecule has 2 aromatic rings. The highest BCUT2D eigenvalue weighted by Crippen LogP contribution is 2.28. The van der Waals surface area contributed by atoms with Crippen LogP contribution in [-0.2, 0) is 13.0 Å². The number of amides is 1. The van der Waals surface area contributed by atoms with Crippen molar-refractivity contribution < 1.29 is 4.79 Å². The molecule has 0 saturated carbocycles. The summed E-state index contributed by atoms with van der Waals surface area (Å²) in [7, 11) is 0. The molecule has 3 rings (SSSR count). The number of benzene rings is 1. The molecule has 1 aliphatic heterocycles. The molecule has 0 fully saturated rings. The lowest BCUT2D eigenvalue weighted by Crippen LogP contribution is -2.37. The first-order valence-electron chi connectivity index (χ1n) is 7.59. The van der Waals surface area contributed by atoms with Crippen molar-refractivity contribution in [2.75, 3.05) is 11.4 Å². The van der Waals surface area contributed by atoms with Gasteiger partial charge >= 0.3 is 0 Å². The molecule has 1 aromatic heterocycles. The summed E-state index contributed by atoms with van der Waals surface area (Å²) in [5.74, 6) is -0.146. The first kappa shape index (κ1) is 14.5. The number of rotatable bonds is 2. The molecule has 0 saturated heterocycles. The highest BCUT2D eigenvalue weighted by molar-refractivity contribution is 6.05. The van der Waals surface area contributed by atoms with E-state index in [4.69, 9.17) is 0 Å². The number of hydrogen-bond acceptors (Lipinski definition) is 3. The molecule has 1 aliphatic rings. The Hall–Kier alpha value is -2.43. The van der Waals surface area contributed by atoms with E-state index in [0.717, 1.165) is 18.5 Å². The largest absolute Gasteiger partial charge is 0.307 e. The minimum atomic E-state index is -0.186. The lowest BCUT2D eigenvalue weighted by Gasteiger charge is -2.29. The van der Waals surface area contributed by atoms with Gasteiger partial charge in [0.05, 0.1) is 0 Å². The van der Waals surface area contributed by atoms with Crippen molar-refractivity contribution in [2.45, 2.75) is 33.2 Å². The van der Waals surface area contributed by atoms with Gasteiger partial charge in [0.15, 0.2) is 0 Å². The van der Waals surface area contributed by atoms with Gasteiger partial charge in [-0.05, 0) is 44.4 Å². The average molecular weight is 297 g/mol. The van der Waals surface area contributed by atoms with E-state index in [9.17, 15) is 9.59 Å². The minimum Gasteiger partial charge on any atom is -0.307 e. The number of anilines is 1. The van der Waals surface area contributed by atoms with Crippen LogP contribution in [0.15, 0.2) is 35.1 Å². The summed E-state index contributed by atoms with van der Waals surface area (Å²) in [6, 6.07) is 9.07. The van der Waals surface area contributed by atoms with Gasteiger partial charge in [-0.1, -0.05) is 17.7 Å². The highest BCUT2D eigenvalue weighted by Gasteiger charge is 2.24. The van der Waals surface area contributed by atoms with E-state index in [1.54, 1.807) is 4.90 Å². The van der Waals surface area contributed by atoms with E-state index in [0.29, 0.717) is 18.8 Å². The molecule has 0 N–H and O–H groups in total. The Morgan fingerprint density at radius 1 is 1.27 bits per heavy atom. The number of carbonyl (C=O) groups excluding carboxylic acids is 1. The number of hydrogen-bond donors (Lipinski definition) is 0. The Labute approximate surface area is 129 Å². The summed E-state index contributed by atoms with van der Waals surface area (Å²) in [5.41, 5.74) is 3.48. The third-order valence-electron chi connectivity index (χ3n) is 3.98. The van der Waals surface area contributed by atoms with Crippen LogP contribution < -0.4 is 10.5 Å². The summed E-state index contributed by atoms with van der Waals surface area (Å²) in [6.45, 7) is 5.03. The molecule has 0 aliphatic carbocycles. The summed E-state index contributed by atoms with van der Waals surface area (Å²) < 4.78 is 1.31. The van der Waals surface area contributed by atoms with Gasteiger partial charge in [-0.25, -0.2) is 4.68 Å². The molecule has 0 bridgehead atoms. The maximum atomic E-state index is 12.8. The molecule has 5 heteroatoms. The number of aryl methyl sites for hydroxylation is 3. The van der Waals surface area contributed by atoms with Gasteiger partial charge in [-0.3, -0.25) is 9.59 Å². The molecular weight excluding hydrogens is 278 g/mol. The molecule has 22 heavy (non-hydrogen) atoms. The quantitative estimate of drug-likeness (QED) is 0.853. The second kappa shape index (κ2) is 5.75. The third-order valence-corrected chi connectivity index (χ3v) is 3.98. The van der Waals surface area contributed by atoms with Crippen molar-refractivity contribution in [1.29, 1.82) is 0 Å². The monoisotopic (exact) mass is 297 g/mol. The van der Waals surface area contributed by atoms with Crippen LogP contribution in [0.25, 0.3) is 0 Å². The number of aromatic nitrogens is 2. The minimum absolute atomic E-state index is 0.146. The average Bonchev–Trinajstić information content (AvgIpc) is 2.53. The summed E-state index contributed by atoms with van der Waals surface area (Å²) in [5, 5.41) is 4.17. The fourth-order valence-electron chi connectivity index (χ4n) is 2.86. The van der Waals surface area contributed by atoms with E-state index in [-0.39, 0.29) is 11.5 Å². The number of nitrogens with zero attached hydrogens (tertiary/aromatic N) is 3. The standard InChI is InChI=1S/C17H19N3O2/c1-3-20-16(21)9-7-14(18-20)17(22)19-10-4-5-13-11-12(2)6-8-15(13)19/h6-9,11H,3-5,10H2,1-2H3. The van der Waals surface area contributed by atoms with Gasteiger partial charge in [0.25, 0.3) is 11.5 Å². The Kier molecular flexibility index (Phi) is 3.79. The molecule has 1 aromatic carbocycles. The topological polar surface area (TPSA) is 55.2 Å². The number of fused-ring (bicyclic) bond motifs is 1. The fraction of sp³-hybridized carbons (Fsp3) is 0.353. The Balaban J connectivity index is 1.99. The number of carbonyl (C=O) groups is 1. The zero-order chi connectivity index (χ0) is 15.7. The molecule has 114 valence electrons. The van der Waals surface area contributed by atoms with Gasteiger partial charge in [-0.15, -0.1) is 0 Å². The van der Waals surface area contributed by atoms with E-state index < -0.39 is 0 Å². The first-order valence-corrected chi connectivity index (χ1v) is 7.59. The van der Waals surface area contributed by atoms with E-state index >= 15 is 0 Å². The van der Waals surface area contributed by atoms with Gasteiger partial charge < -0.3 is 4.90 Å². The van der Waals surface area contributed by atoms with Gasteiger partial charge in [0, 0.05) is 24.8 Å². The van der Waals surface area contributed by atoms with E-state index in [1.165, 1.54) is 27.9 Å². The van der Waals surface area contributed by atoms with E-state index in [2.05, 4.69) is 18.1 Å². The van der Waals surface area contributed by atoms with Crippen LogP contribution in [0.4, 0.5) is 5.69 Å². The molecule has 0 spiro atoms. The normalized spacial score (nSPS) is 13.8. The maximum Gasteiger partial charge on any atom is 0.278 e. The Bertz CT molecular complexity index is 780. The van der Waals surface area contributed by atoms with Crippen molar-refractivity contribution in [1.82, 2.24) is 9.78 Å². The second-order valence-corrected chi connectivity index (χ2v) is 5.57. The van der Waals surface area contributed by atoms with Crippen LogP contribution in [0.1, 0.15) is 35.0 Å². The summed E-state index contributed by atoms with van der Waals surface area (Å²) >= 11 is 0. The van der Waals surface area contributed by atoms with Crippen LogP contribution in [0.3, 0.4) is 0 Å². The highest BCUT2D eigenvalue weighted by atomic mass is 16.2. The van der Waals surface area contributed by atoms with Crippen LogP contribution in [0.5, 0.6) is 0 Å². The van der Waals surface area contributed by atoms with Crippen molar-refractivity contribution in [3.63, 3.8) is 0 Å². The summed E-state index contributed by atoms with van der Waals surface area (Å²) in [6.07, 6.45) is 1.93. The van der Waals surface area contributed by atoms with Gasteiger partial charge in [0.1, 0.15) is 5.69 Å². The van der Waals surface area contributed by atoms with Gasteiger partial charge in [0.2, 0.25) is 0 Å². The lowest BCUT2D eigenvalue weighted by molar-refractivity contribution is 0.0978. The van der Waals surface area contributed by atoms with Crippen molar-refractivity contribution in [2.24, 2.45) is 0 Å². The zero-order valence-electron chi connectivity index (χ0n) is 12.9. The predicted octanol–water partition coefficient (Wildman–Crippen LogP) is 2.16. The predicted molar refractivity (Wildman–Crippen MR) is 85.3 cm³/mol. The second-order valence-electron chi connectivity index (χ2n) is 5.57. The smallest absolute Gasteiger partial charge is 0.278 e. The molecular formula is C17H19N3O2. The Morgan fingerprint density at radius 2 is 2.09 bits per heavy atom. The fourth-order valence-corrected chi connectivity index (χ4v) is 2.86. The van der Waals surface area contributed by atoms with Gasteiger partial charge in [-0.2, -0.15) is 5.10 Å². The molecule has 2 heterocycles. The van der Waals surface area contributed by atoms with Crippen LogP contribution >= 0.6 is 0 Å². The maximum absolute atomic E-state index is 12.8.